The zero-order chi connectivity index (χ0) is 15.0. The van der Waals surface area contributed by atoms with Crippen LogP contribution in [0.1, 0.15) is 19.3 Å². The molecule has 0 unspecified atom stereocenters. The molecule has 20 heavy (non-hydrogen) atoms. The van der Waals surface area contributed by atoms with Crippen LogP contribution in [0.2, 0.25) is 10.0 Å². The molecule has 2 N–H and O–H groups in total. The van der Waals surface area contributed by atoms with E-state index in [-0.39, 0.29) is 19.1 Å². The molecule has 0 bridgehead atoms. The standard InChI is InChI=1S/C13H19Cl2N3O2/c1-18(5-3-2-4-6-19)9-12(20)17-13-11(15)7-10(14)8-16-13/h7-8,19H,2-6,9H2,1H3,(H,16,17,20). The number of pyridine rings is 1. The molecule has 0 saturated heterocycles. The van der Waals surface area contributed by atoms with Crippen LogP contribution >= 0.6 is 23.2 Å². The number of aliphatic hydroxyl groups is 1. The van der Waals surface area contributed by atoms with Crippen molar-refractivity contribution in [3.63, 3.8) is 0 Å². The van der Waals surface area contributed by atoms with Gasteiger partial charge in [0.25, 0.3) is 0 Å². The van der Waals surface area contributed by atoms with Crippen molar-refractivity contribution in [3.05, 3.63) is 22.3 Å². The summed E-state index contributed by atoms with van der Waals surface area (Å²) in [4.78, 5) is 17.7. The van der Waals surface area contributed by atoms with Gasteiger partial charge in [-0.25, -0.2) is 4.98 Å². The highest BCUT2D eigenvalue weighted by molar-refractivity contribution is 6.36. The number of aromatic nitrogens is 1. The lowest BCUT2D eigenvalue weighted by molar-refractivity contribution is -0.117. The van der Waals surface area contributed by atoms with Gasteiger partial charge in [0.2, 0.25) is 5.91 Å². The summed E-state index contributed by atoms with van der Waals surface area (Å²) < 4.78 is 0. The Morgan fingerprint density at radius 3 is 2.80 bits per heavy atom. The highest BCUT2D eigenvalue weighted by Crippen LogP contribution is 2.22. The van der Waals surface area contributed by atoms with Crippen molar-refractivity contribution in [1.29, 1.82) is 0 Å². The summed E-state index contributed by atoms with van der Waals surface area (Å²) >= 11 is 11.7. The lowest BCUT2D eigenvalue weighted by Gasteiger charge is -2.16. The normalized spacial score (nSPS) is 10.8. The summed E-state index contributed by atoms with van der Waals surface area (Å²) in [5.74, 6) is 0.140. The fourth-order valence-corrected chi connectivity index (χ4v) is 2.10. The predicted octanol–water partition coefficient (Wildman–Crippen LogP) is 2.42. The highest BCUT2D eigenvalue weighted by Gasteiger charge is 2.10. The first-order valence-corrected chi connectivity index (χ1v) is 7.19. The smallest absolute Gasteiger partial charge is 0.239 e. The van der Waals surface area contributed by atoms with Gasteiger partial charge in [-0.2, -0.15) is 0 Å². The van der Waals surface area contributed by atoms with Crippen molar-refractivity contribution >= 4 is 34.9 Å². The van der Waals surface area contributed by atoms with Crippen LogP contribution in [-0.4, -0.2) is 47.6 Å². The van der Waals surface area contributed by atoms with Crippen LogP contribution < -0.4 is 5.32 Å². The second-order valence-corrected chi connectivity index (χ2v) is 5.40. The molecule has 0 radical (unpaired) electrons. The molecule has 0 saturated carbocycles. The van der Waals surface area contributed by atoms with Crippen molar-refractivity contribution in [2.75, 3.05) is 32.1 Å². The summed E-state index contributed by atoms with van der Waals surface area (Å²) in [5, 5.41) is 12.1. The molecule has 1 amide bonds. The van der Waals surface area contributed by atoms with Crippen LogP contribution in [0.3, 0.4) is 0 Å². The van der Waals surface area contributed by atoms with Crippen molar-refractivity contribution in [2.24, 2.45) is 0 Å². The number of carbonyl (C=O) groups is 1. The van der Waals surface area contributed by atoms with Gasteiger partial charge in [-0.1, -0.05) is 23.2 Å². The van der Waals surface area contributed by atoms with E-state index in [0.717, 1.165) is 25.8 Å². The Morgan fingerprint density at radius 2 is 2.15 bits per heavy atom. The van der Waals surface area contributed by atoms with E-state index in [2.05, 4.69) is 10.3 Å². The third-order valence-corrected chi connectivity index (χ3v) is 3.17. The molecule has 0 aliphatic carbocycles. The molecule has 112 valence electrons. The minimum atomic E-state index is -0.175. The Kier molecular flexibility index (Phi) is 7.84. The Bertz CT molecular complexity index is 444. The van der Waals surface area contributed by atoms with Crippen LogP contribution in [-0.2, 0) is 4.79 Å². The second kappa shape index (κ2) is 9.13. The van der Waals surface area contributed by atoms with E-state index in [9.17, 15) is 4.79 Å². The SMILES string of the molecule is CN(CCCCCO)CC(=O)Nc1ncc(Cl)cc1Cl. The van der Waals surface area contributed by atoms with Crippen molar-refractivity contribution in [3.8, 4) is 0 Å². The summed E-state index contributed by atoms with van der Waals surface area (Å²) in [6, 6.07) is 1.53. The van der Waals surface area contributed by atoms with Gasteiger partial charge in [-0.3, -0.25) is 9.69 Å². The molecule has 1 heterocycles. The maximum atomic E-state index is 11.8. The summed E-state index contributed by atoms with van der Waals surface area (Å²) in [6.07, 6.45) is 4.13. The molecular weight excluding hydrogens is 301 g/mol. The number of anilines is 1. The average molecular weight is 320 g/mol. The molecule has 0 atom stereocenters. The molecule has 0 aliphatic rings. The Hall–Kier alpha value is -0.880. The Balaban J connectivity index is 2.35. The van der Waals surface area contributed by atoms with Gasteiger partial charge in [0, 0.05) is 12.8 Å². The first-order chi connectivity index (χ1) is 9.52. The fourth-order valence-electron chi connectivity index (χ4n) is 1.67. The molecule has 0 fully saturated rings. The van der Waals surface area contributed by atoms with E-state index in [4.69, 9.17) is 28.3 Å². The largest absolute Gasteiger partial charge is 0.396 e. The van der Waals surface area contributed by atoms with Crippen molar-refractivity contribution in [2.45, 2.75) is 19.3 Å². The fraction of sp³-hybridized carbons (Fsp3) is 0.538. The van der Waals surface area contributed by atoms with Gasteiger partial charge in [0.15, 0.2) is 5.82 Å². The lowest BCUT2D eigenvalue weighted by Crippen LogP contribution is -2.31. The number of hydrogen-bond donors (Lipinski definition) is 2. The number of halogens is 2. The Labute approximate surface area is 128 Å². The van der Waals surface area contributed by atoms with Crippen LogP contribution in [0.15, 0.2) is 12.3 Å². The average Bonchev–Trinajstić information content (AvgIpc) is 2.38. The van der Waals surface area contributed by atoms with Crippen LogP contribution in [0.4, 0.5) is 5.82 Å². The number of unbranched alkanes of at least 4 members (excludes halogenated alkanes) is 2. The number of carbonyl (C=O) groups excluding carboxylic acids is 1. The first-order valence-electron chi connectivity index (χ1n) is 6.43. The zero-order valence-electron chi connectivity index (χ0n) is 11.4. The van der Waals surface area contributed by atoms with Crippen LogP contribution in [0, 0.1) is 0 Å². The lowest BCUT2D eigenvalue weighted by atomic mass is 10.2. The Morgan fingerprint density at radius 1 is 1.40 bits per heavy atom. The number of nitrogens with zero attached hydrogens (tertiary/aromatic N) is 2. The molecule has 1 rings (SSSR count). The van der Waals surface area contributed by atoms with E-state index >= 15 is 0 Å². The third kappa shape index (κ3) is 6.52. The van der Waals surface area contributed by atoms with Gasteiger partial charge in [0.05, 0.1) is 16.6 Å². The van der Waals surface area contributed by atoms with E-state index in [1.54, 1.807) is 0 Å². The first kappa shape index (κ1) is 17.2. The maximum Gasteiger partial charge on any atom is 0.239 e. The molecule has 1 aromatic heterocycles. The number of rotatable bonds is 8. The molecule has 0 aliphatic heterocycles. The minimum Gasteiger partial charge on any atom is -0.396 e. The summed E-state index contributed by atoms with van der Waals surface area (Å²) in [7, 11) is 1.87. The van der Waals surface area contributed by atoms with E-state index in [1.807, 2.05) is 11.9 Å². The summed E-state index contributed by atoms with van der Waals surface area (Å²) in [6.45, 7) is 1.28. The van der Waals surface area contributed by atoms with E-state index < -0.39 is 0 Å². The minimum absolute atomic E-state index is 0.175. The number of nitrogens with one attached hydrogen (secondary N) is 1. The topological polar surface area (TPSA) is 65.5 Å². The van der Waals surface area contributed by atoms with Crippen LogP contribution in [0.5, 0.6) is 0 Å². The van der Waals surface area contributed by atoms with Gasteiger partial charge < -0.3 is 10.4 Å². The molecule has 1 aromatic rings. The molecule has 7 heteroatoms. The third-order valence-electron chi connectivity index (χ3n) is 2.68. The zero-order valence-corrected chi connectivity index (χ0v) is 12.9. The molecule has 5 nitrogen and oxygen atoms in total. The monoisotopic (exact) mass is 319 g/mol. The number of amides is 1. The van der Waals surface area contributed by atoms with Gasteiger partial charge in [0.1, 0.15) is 0 Å². The van der Waals surface area contributed by atoms with Crippen molar-refractivity contribution in [1.82, 2.24) is 9.88 Å². The van der Waals surface area contributed by atoms with Crippen molar-refractivity contribution < 1.29 is 9.90 Å². The molecule has 0 spiro atoms. The van der Waals surface area contributed by atoms with Gasteiger partial charge >= 0.3 is 0 Å². The van der Waals surface area contributed by atoms with Gasteiger partial charge in [-0.05, 0) is 38.9 Å². The summed E-state index contributed by atoms with van der Waals surface area (Å²) in [5.41, 5.74) is 0. The molecule has 0 aromatic carbocycles. The molecular formula is C13H19Cl2N3O2. The number of aliphatic hydroxyl groups excluding tert-OH is 1. The number of hydrogen-bond acceptors (Lipinski definition) is 4. The van der Waals surface area contributed by atoms with Crippen LogP contribution in [0.25, 0.3) is 0 Å². The van der Waals surface area contributed by atoms with E-state index in [1.165, 1.54) is 12.3 Å². The predicted molar refractivity (Wildman–Crippen MR) is 81.3 cm³/mol. The van der Waals surface area contributed by atoms with Gasteiger partial charge in [-0.15, -0.1) is 0 Å². The van der Waals surface area contributed by atoms with E-state index in [0.29, 0.717) is 15.9 Å². The highest BCUT2D eigenvalue weighted by atomic mass is 35.5. The maximum absolute atomic E-state index is 11.8. The second-order valence-electron chi connectivity index (χ2n) is 4.55. The quantitative estimate of drug-likeness (QED) is 0.722. The number of likely N-dealkylation sites (N-methyl/N-ethyl adjacent to an activating group) is 1.